The van der Waals surface area contributed by atoms with Crippen LogP contribution in [0.25, 0.3) is 0 Å². The van der Waals surface area contributed by atoms with Gasteiger partial charge in [0.2, 0.25) is 0 Å². The number of alkyl carbamates (subject to hydrolysis) is 1. The average Bonchev–Trinajstić information content (AvgIpc) is 2.35. The van der Waals surface area contributed by atoms with E-state index < -0.39 is 11.7 Å². The maximum Gasteiger partial charge on any atom is 0.407 e. The maximum atomic E-state index is 11.7. The van der Waals surface area contributed by atoms with E-state index in [-0.39, 0.29) is 6.04 Å². The van der Waals surface area contributed by atoms with E-state index in [1.54, 1.807) is 7.11 Å². The molecule has 0 aliphatic carbocycles. The Labute approximate surface area is 138 Å². The molecule has 0 fully saturated rings. The van der Waals surface area contributed by atoms with Crippen molar-refractivity contribution < 1.29 is 14.3 Å². The van der Waals surface area contributed by atoms with E-state index in [1.807, 2.05) is 52.9 Å². The van der Waals surface area contributed by atoms with Crippen molar-refractivity contribution in [3.05, 3.63) is 23.8 Å². The van der Waals surface area contributed by atoms with Gasteiger partial charge in [0.15, 0.2) is 0 Å². The fourth-order valence-corrected chi connectivity index (χ4v) is 2.28. The van der Waals surface area contributed by atoms with E-state index in [9.17, 15) is 4.79 Å². The molecule has 1 amide bonds. The summed E-state index contributed by atoms with van der Waals surface area (Å²) in [6.45, 7) is 8.91. The molecule has 0 saturated heterocycles. The highest BCUT2D eigenvalue weighted by atomic mass is 16.6. The van der Waals surface area contributed by atoms with Crippen LogP contribution in [-0.4, -0.2) is 43.3 Å². The van der Waals surface area contributed by atoms with Gasteiger partial charge in [-0.15, -0.1) is 0 Å². The molecular weight excluding hydrogens is 294 g/mol. The summed E-state index contributed by atoms with van der Waals surface area (Å²) >= 11 is 0. The molecule has 1 aromatic carbocycles. The first kappa shape index (κ1) is 19.1. The van der Waals surface area contributed by atoms with Crippen LogP contribution in [-0.2, 0) is 11.3 Å². The Kier molecular flexibility index (Phi) is 6.69. The second-order valence-electron chi connectivity index (χ2n) is 6.82. The number of nitrogens with two attached hydrogens (primary N) is 1. The fourth-order valence-electron chi connectivity index (χ4n) is 2.28. The minimum atomic E-state index is -0.490. The number of anilines is 1. The van der Waals surface area contributed by atoms with Gasteiger partial charge in [0.25, 0.3) is 0 Å². The van der Waals surface area contributed by atoms with Gasteiger partial charge in [0.1, 0.15) is 11.4 Å². The van der Waals surface area contributed by atoms with Crippen LogP contribution in [0.4, 0.5) is 10.5 Å². The predicted octanol–water partition coefficient (Wildman–Crippen LogP) is 2.62. The third-order valence-corrected chi connectivity index (χ3v) is 3.10. The van der Waals surface area contributed by atoms with Crippen molar-refractivity contribution in [1.82, 2.24) is 10.2 Å². The molecule has 0 bridgehead atoms. The summed E-state index contributed by atoms with van der Waals surface area (Å²) < 4.78 is 10.4. The zero-order chi connectivity index (χ0) is 17.6. The average molecular weight is 323 g/mol. The first-order valence-electron chi connectivity index (χ1n) is 7.71. The van der Waals surface area contributed by atoms with E-state index in [0.717, 1.165) is 12.1 Å². The molecular formula is C17H29N3O3. The molecule has 1 rings (SSSR count). The Balaban J connectivity index is 2.48. The van der Waals surface area contributed by atoms with E-state index >= 15 is 0 Å². The van der Waals surface area contributed by atoms with Crippen LogP contribution in [0.3, 0.4) is 0 Å². The van der Waals surface area contributed by atoms with Gasteiger partial charge >= 0.3 is 6.09 Å². The zero-order valence-corrected chi connectivity index (χ0v) is 15.0. The molecule has 0 spiro atoms. The van der Waals surface area contributed by atoms with Gasteiger partial charge < -0.3 is 25.4 Å². The van der Waals surface area contributed by atoms with Crippen molar-refractivity contribution >= 4 is 11.8 Å². The summed E-state index contributed by atoms with van der Waals surface area (Å²) in [6, 6.07) is 5.73. The third kappa shape index (κ3) is 7.23. The van der Waals surface area contributed by atoms with E-state index in [4.69, 9.17) is 15.2 Å². The molecule has 0 radical (unpaired) electrons. The number of benzene rings is 1. The summed E-state index contributed by atoms with van der Waals surface area (Å²) in [7, 11) is 3.59. The lowest BCUT2D eigenvalue weighted by Gasteiger charge is -2.25. The number of likely N-dealkylation sites (N-methyl/N-ethyl adjacent to an activating group) is 1. The summed E-state index contributed by atoms with van der Waals surface area (Å²) in [5.74, 6) is 0.677. The lowest BCUT2D eigenvalue weighted by atomic mass is 10.1. The maximum absolute atomic E-state index is 11.7. The second kappa shape index (κ2) is 8.06. The monoisotopic (exact) mass is 323 g/mol. The Morgan fingerprint density at radius 3 is 2.57 bits per heavy atom. The number of carbonyl (C=O) groups excluding carboxylic acids is 1. The Hall–Kier alpha value is -1.95. The van der Waals surface area contributed by atoms with Crippen LogP contribution in [0.1, 0.15) is 33.3 Å². The molecule has 1 unspecified atom stereocenters. The van der Waals surface area contributed by atoms with Crippen molar-refractivity contribution in [1.29, 1.82) is 0 Å². The molecule has 23 heavy (non-hydrogen) atoms. The Morgan fingerprint density at radius 2 is 2.04 bits per heavy atom. The molecule has 0 heterocycles. The summed E-state index contributed by atoms with van der Waals surface area (Å²) in [6.07, 6.45) is -0.396. The van der Waals surface area contributed by atoms with Gasteiger partial charge in [-0.2, -0.15) is 0 Å². The van der Waals surface area contributed by atoms with Gasteiger partial charge in [-0.3, -0.25) is 0 Å². The van der Waals surface area contributed by atoms with Crippen LogP contribution in [0, 0.1) is 0 Å². The number of amides is 1. The number of nitrogen functional groups attached to an aromatic ring is 1. The van der Waals surface area contributed by atoms with Crippen molar-refractivity contribution in [3.63, 3.8) is 0 Å². The Bertz CT molecular complexity index is 526. The zero-order valence-electron chi connectivity index (χ0n) is 15.0. The van der Waals surface area contributed by atoms with Gasteiger partial charge in [-0.25, -0.2) is 4.79 Å². The number of methoxy groups -OCH3 is 1. The largest absolute Gasteiger partial charge is 0.495 e. The number of hydrogen-bond acceptors (Lipinski definition) is 5. The molecule has 3 N–H and O–H groups in total. The lowest BCUT2D eigenvalue weighted by Crippen LogP contribution is -2.42. The molecule has 1 aromatic rings. The first-order chi connectivity index (χ1) is 10.6. The Morgan fingerprint density at radius 1 is 1.39 bits per heavy atom. The minimum Gasteiger partial charge on any atom is -0.495 e. The van der Waals surface area contributed by atoms with E-state index in [1.165, 1.54) is 0 Å². The number of hydrogen-bond donors (Lipinski definition) is 2. The fraction of sp³-hybridized carbons (Fsp3) is 0.588. The van der Waals surface area contributed by atoms with Crippen LogP contribution < -0.4 is 15.8 Å². The highest BCUT2D eigenvalue weighted by Gasteiger charge is 2.18. The molecule has 6 nitrogen and oxygen atoms in total. The highest BCUT2D eigenvalue weighted by Crippen LogP contribution is 2.22. The normalized spacial score (nSPS) is 12.8. The first-order valence-corrected chi connectivity index (χ1v) is 7.71. The van der Waals surface area contributed by atoms with Crippen LogP contribution in [0.2, 0.25) is 0 Å². The number of rotatable bonds is 6. The van der Waals surface area contributed by atoms with Gasteiger partial charge in [0.05, 0.1) is 12.8 Å². The van der Waals surface area contributed by atoms with Gasteiger partial charge in [-0.1, -0.05) is 6.07 Å². The third-order valence-electron chi connectivity index (χ3n) is 3.10. The van der Waals surface area contributed by atoms with E-state index in [0.29, 0.717) is 18.0 Å². The van der Waals surface area contributed by atoms with Gasteiger partial charge in [0, 0.05) is 19.1 Å². The molecule has 1 atom stereocenters. The van der Waals surface area contributed by atoms with Crippen molar-refractivity contribution in [2.75, 3.05) is 26.4 Å². The number of nitrogens with one attached hydrogen (secondary N) is 1. The van der Waals surface area contributed by atoms with Crippen LogP contribution in [0.15, 0.2) is 18.2 Å². The smallest absolute Gasteiger partial charge is 0.407 e. The molecule has 6 heteroatoms. The molecule has 130 valence electrons. The molecule has 0 aliphatic rings. The summed E-state index contributed by atoms with van der Waals surface area (Å²) in [5, 5.41) is 2.84. The topological polar surface area (TPSA) is 76.8 Å². The van der Waals surface area contributed by atoms with Crippen LogP contribution in [0.5, 0.6) is 5.75 Å². The van der Waals surface area contributed by atoms with Crippen LogP contribution >= 0.6 is 0 Å². The summed E-state index contributed by atoms with van der Waals surface area (Å²) in [5.41, 5.74) is 7.14. The second-order valence-corrected chi connectivity index (χ2v) is 6.82. The number of nitrogens with zero attached hydrogens (tertiary/aromatic N) is 1. The van der Waals surface area contributed by atoms with Gasteiger partial charge in [-0.05, 0) is 52.4 Å². The van der Waals surface area contributed by atoms with Crippen molar-refractivity contribution in [2.45, 2.75) is 45.9 Å². The standard InChI is InChI=1S/C17H29N3O3/c1-12(19-16(21)23-17(2,3)4)10-20(5)11-13-7-8-15(22-6)14(18)9-13/h7-9,12H,10-11,18H2,1-6H3,(H,19,21). The number of carbonyl (C=O) groups is 1. The van der Waals surface area contributed by atoms with Crippen molar-refractivity contribution in [2.24, 2.45) is 0 Å². The molecule has 0 saturated carbocycles. The minimum absolute atomic E-state index is 0.0227. The lowest BCUT2D eigenvalue weighted by molar-refractivity contribution is 0.0499. The quantitative estimate of drug-likeness (QED) is 0.787. The SMILES string of the molecule is COc1ccc(CN(C)CC(C)NC(=O)OC(C)(C)C)cc1N. The van der Waals surface area contributed by atoms with Crippen molar-refractivity contribution in [3.8, 4) is 5.75 Å². The molecule has 0 aromatic heterocycles. The number of ether oxygens (including phenoxy) is 2. The molecule has 0 aliphatic heterocycles. The predicted molar refractivity (Wildman–Crippen MR) is 92.6 cm³/mol. The van der Waals surface area contributed by atoms with E-state index in [2.05, 4.69) is 10.2 Å². The highest BCUT2D eigenvalue weighted by molar-refractivity contribution is 5.68. The summed E-state index contributed by atoms with van der Waals surface area (Å²) in [4.78, 5) is 13.9.